The summed E-state index contributed by atoms with van der Waals surface area (Å²) in [4.78, 5) is 11.6. The van der Waals surface area contributed by atoms with Crippen LogP contribution in [-0.2, 0) is 4.79 Å². The molecule has 0 radical (unpaired) electrons. The van der Waals surface area contributed by atoms with Gasteiger partial charge in [0.15, 0.2) is 6.23 Å². The quantitative estimate of drug-likeness (QED) is 0.801. The van der Waals surface area contributed by atoms with Gasteiger partial charge in [-0.3, -0.25) is 9.80 Å². The summed E-state index contributed by atoms with van der Waals surface area (Å²) in [5.41, 5.74) is 7.90. The predicted molar refractivity (Wildman–Crippen MR) is 70.4 cm³/mol. The Labute approximate surface area is 106 Å². The van der Waals surface area contributed by atoms with Crippen molar-refractivity contribution >= 4 is 17.2 Å². The second-order valence-corrected chi connectivity index (χ2v) is 4.50. The number of para-hydroxylation sites is 1. The molecule has 1 aromatic carbocycles. The average Bonchev–Trinajstić information content (AvgIpc) is 2.29. The van der Waals surface area contributed by atoms with Gasteiger partial charge in [-0.25, -0.2) is 5.01 Å². The first-order chi connectivity index (χ1) is 8.45. The van der Waals surface area contributed by atoms with Gasteiger partial charge in [0.25, 0.3) is 0 Å². The third kappa shape index (κ3) is 1.77. The van der Waals surface area contributed by atoms with Crippen molar-refractivity contribution in [3.63, 3.8) is 0 Å². The van der Waals surface area contributed by atoms with E-state index in [-0.39, 0.29) is 0 Å². The van der Waals surface area contributed by atoms with Crippen LogP contribution in [0.2, 0.25) is 0 Å². The van der Waals surface area contributed by atoms with Crippen LogP contribution in [0.4, 0.5) is 5.69 Å². The van der Waals surface area contributed by atoms with Crippen LogP contribution in [-0.4, -0.2) is 36.3 Å². The fourth-order valence-corrected chi connectivity index (χ4v) is 2.30. The van der Waals surface area contributed by atoms with E-state index in [4.69, 9.17) is 5.73 Å². The summed E-state index contributed by atoms with van der Waals surface area (Å²) >= 11 is 0. The summed E-state index contributed by atoms with van der Waals surface area (Å²) in [6.45, 7) is 1.72. The molecule has 5 heteroatoms. The predicted octanol–water partition coefficient (Wildman–Crippen LogP) is 0.560. The minimum absolute atomic E-state index is 0.399. The molecule has 1 amide bonds. The topological polar surface area (TPSA) is 69.8 Å². The number of hydrazine groups is 1. The van der Waals surface area contributed by atoms with E-state index in [2.05, 4.69) is 0 Å². The van der Waals surface area contributed by atoms with Gasteiger partial charge >= 0.3 is 0 Å². The van der Waals surface area contributed by atoms with Crippen molar-refractivity contribution in [2.75, 3.05) is 19.1 Å². The van der Waals surface area contributed by atoms with Crippen LogP contribution in [0.15, 0.2) is 29.8 Å². The molecule has 5 nitrogen and oxygen atoms in total. The zero-order valence-corrected chi connectivity index (χ0v) is 10.7. The molecule has 0 spiro atoms. The van der Waals surface area contributed by atoms with Crippen LogP contribution in [0.25, 0.3) is 5.57 Å². The second kappa shape index (κ2) is 4.44. The van der Waals surface area contributed by atoms with Crippen molar-refractivity contribution in [1.29, 1.82) is 0 Å². The largest absolute Gasteiger partial charge is 0.368 e. The summed E-state index contributed by atoms with van der Waals surface area (Å²) < 4.78 is 0. The number of anilines is 1. The molecule has 1 heterocycles. The van der Waals surface area contributed by atoms with E-state index in [1.165, 1.54) is 0 Å². The number of carbonyl (C=O) groups excluding carboxylic acids is 1. The normalized spacial score (nSPS) is 19.2. The molecule has 0 fully saturated rings. The number of fused-ring (bicyclic) bond motifs is 1. The van der Waals surface area contributed by atoms with E-state index in [1.807, 2.05) is 38.4 Å². The molecule has 1 aliphatic heterocycles. The molecule has 1 atom stereocenters. The number of aliphatic hydroxyl groups excluding tert-OH is 1. The number of nitrogens with zero attached hydrogens (tertiary/aromatic N) is 2. The molecule has 1 unspecified atom stereocenters. The molecule has 1 aromatic rings. The molecule has 2 rings (SSSR count). The van der Waals surface area contributed by atoms with Gasteiger partial charge in [0.1, 0.15) is 0 Å². The summed E-state index contributed by atoms with van der Waals surface area (Å²) in [6.07, 6.45) is -0.877. The molecular weight excluding hydrogens is 230 g/mol. The van der Waals surface area contributed by atoms with Crippen molar-refractivity contribution < 1.29 is 9.90 Å². The number of primary amides is 1. The van der Waals surface area contributed by atoms with E-state index < -0.39 is 12.1 Å². The van der Waals surface area contributed by atoms with Crippen LogP contribution in [0.3, 0.4) is 0 Å². The minimum Gasteiger partial charge on any atom is -0.368 e. The molecule has 0 bridgehead atoms. The Hall–Kier alpha value is -1.85. The zero-order chi connectivity index (χ0) is 13.4. The van der Waals surface area contributed by atoms with E-state index >= 15 is 0 Å². The van der Waals surface area contributed by atoms with Crippen LogP contribution in [0.1, 0.15) is 12.5 Å². The molecule has 96 valence electrons. The molecule has 18 heavy (non-hydrogen) atoms. The average molecular weight is 247 g/mol. The Morgan fingerprint density at radius 2 is 2.00 bits per heavy atom. The summed E-state index contributed by atoms with van der Waals surface area (Å²) in [5, 5.41) is 13.8. The molecule has 1 aliphatic rings. The lowest BCUT2D eigenvalue weighted by Crippen LogP contribution is -2.48. The van der Waals surface area contributed by atoms with Crippen LogP contribution in [0, 0.1) is 0 Å². The smallest absolute Gasteiger partial charge is 0.249 e. The number of benzene rings is 1. The van der Waals surface area contributed by atoms with Gasteiger partial charge in [-0.05, 0) is 18.6 Å². The Bertz CT molecular complexity index is 523. The first kappa shape index (κ1) is 12.6. The van der Waals surface area contributed by atoms with Crippen molar-refractivity contribution in [2.24, 2.45) is 5.73 Å². The number of carbonyl (C=O) groups is 1. The van der Waals surface area contributed by atoms with Gasteiger partial charge in [-0.15, -0.1) is 0 Å². The van der Waals surface area contributed by atoms with Gasteiger partial charge in [0.2, 0.25) is 5.91 Å². The van der Waals surface area contributed by atoms with Crippen molar-refractivity contribution in [2.45, 2.75) is 13.2 Å². The highest BCUT2D eigenvalue weighted by Crippen LogP contribution is 2.37. The molecule has 0 saturated carbocycles. The Morgan fingerprint density at radius 3 is 2.56 bits per heavy atom. The lowest BCUT2D eigenvalue weighted by Gasteiger charge is -2.40. The highest BCUT2D eigenvalue weighted by molar-refractivity contribution is 6.22. The van der Waals surface area contributed by atoms with Crippen LogP contribution >= 0.6 is 0 Å². The standard InChI is InChI=1S/C13H17N3O2/c1-8-11(12(14)17)9-6-4-5-7-10(9)16(13(8)18)15(2)3/h4-7,13,18H,1-3H3,(H2,14,17). The lowest BCUT2D eigenvalue weighted by atomic mass is 9.93. The maximum absolute atomic E-state index is 11.6. The van der Waals surface area contributed by atoms with E-state index in [9.17, 15) is 9.90 Å². The van der Waals surface area contributed by atoms with Crippen LogP contribution < -0.4 is 10.7 Å². The monoisotopic (exact) mass is 247 g/mol. The number of nitrogens with two attached hydrogens (primary N) is 1. The number of amides is 1. The fourth-order valence-electron chi connectivity index (χ4n) is 2.30. The maximum atomic E-state index is 11.6. The Kier molecular flexibility index (Phi) is 3.11. The third-order valence-corrected chi connectivity index (χ3v) is 3.11. The highest BCUT2D eigenvalue weighted by Gasteiger charge is 2.32. The summed E-state index contributed by atoms with van der Waals surface area (Å²) in [5.74, 6) is -0.516. The van der Waals surface area contributed by atoms with Gasteiger partial charge in [-0.1, -0.05) is 18.2 Å². The van der Waals surface area contributed by atoms with Crippen LogP contribution in [0.5, 0.6) is 0 Å². The van der Waals surface area contributed by atoms with E-state index in [0.29, 0.717) is 11.1 Å². The molecule has 0 aromatic heterocycles. The summed E-state index contributed by atoms with van der Waals surface area (Å²) in [7, 11) is 3.67. The zero-order valence-electron chi connectivity index (χ0n) is 10.7. The molecule has 0 aliphatic carbocycles. The first-order valence-corrected chi connectivity index (χ1v) is 5.69. The SMILES string of the molecule is CC1=C(C(N)=O)c2ccccc2N(N(C)C)C1O. The lowest BCUT2D eigenvalue weighted by molar-refractivity contribution is -0.112. The van der Waals surface area contributed by atoms with E-state index in [1.54, 1.807) is 16.9 Å². The Morgan fingerprint density at radius 1 is 1.39 bits per heavy atom. The third-order valence-electron chi connectivity index (χ3n) is 3.11. The maximum Gasteiger partial charge on any atom is 0.249 e. The van der Waals surface area contributed by atoms with Crippen molar-refractivity contribution in [1.82, 2.24) is 5.01 Å². The Balaban J connectivity index is 2.70. The number of hydrogen-bond donors (Lipinski definition) is 2. The first-order valence-electron chi connectivity index (χ1n) is 5.69. The van der Waals surface area contributed by atoms with Gasteiger partial charge in [0, 0.05) is 19.7 Å². The van der Waals surface area contributed by atoms with Crippen molar-refractivity contribution in [3.05, 3.63) is 35.4 Å². The molecule has 0 saturated heterocycles. The minimum atomic E-state index is -0.877. The van der Waals surface area contributed by atoms with Gasteiger partial charge in [0.05, 0.1) is 11.3 Å². The fraction of sp³-hybridized carbons (Fsp3) is 0.308. The van der Waals surface area contributed by atoms with Gasteiger partial charge in [-0.2, -0.15) is 0 Å². The number of aliphatic hydroxyl groups is 1. The second-order valence-electron chi connectivity index (χ2n) is 4.50. The number of rotatable bonds is 2. The van der Waals surface area contributed by atoms with E-state index in [0.717, 1.165) is 11.3 Å². The summed E-state index contributed by atoms with van der Waals surface area (Å²) in [6, 6.07) is 7.40. The van der Waals surface area contributed by atoms with Gasteiger partial charge < -0.3 is 10.8 Å². The molecule has 3 N–H and O–H groups in total. The highest BCUT2D eigenvalue weighted by atomic mass is 16.3. The van der Waals surface area contributed by atoms with Crippen molar-refractivity contribution in [3.8, 4) is 0 Å². The molecular formula is C13H17N3O2. The number of hydrogen-bond acceptors (Lipinski definition) is 4.